The van der Waals surface area contributed by atoms with Crippen LogP contribution in [0.3, 0.4) is 0 Å². The molecule has 3 rings (SSSR count). The Morgan fingerprint density at radius 2 is 1.64 bits per heavy atom. The summed E-state index contributed by atoms with van der Waals surface area (Å²) in [5.74, 6) is -0.0282. The maximum Gasteiger partial charge on any atom is 0.264 e. The number of methoxy groups -OCH3 is 1. The minimum absolute atomic E-state index is 0.0490. The van der Waals surface area contributed by atoms with Crippen LogP contribution in [-0.2, 0) is 26.2 Å². The molecule has 3 aromatic carbocycles. The summed E-state index contributed by atoms with van der Waals surface area (Å²) in [5, 5.41) is 2.93. The Morgan fingerprint density at radius 3 is 2.23 bits per heavy atom. The molecule has 0 bridgehead atoms. The van der Waals surface area contributed by atoms with E-state index in [1.807, 2.05) is 0 Å². The van der Waals surface area contributed by atoms with Crippen molar-refractivity contribution in [1.29, 1.82) is 0 Å². The van der Waals surface area contributed by atoms with Gasteiger partial charge in [-0.25, -0.2) is 8.42 Å². The van der Waals surface area contributed by atoms with E-state index in [9.17, 15) is 18.0 Å². The number of para-hydroxylation sites is 2. The van der Waals surface area contributed by atoms with Crippen molar-refractivity contribution in [1.82, 2.24) is 10.2 Å². The highest BCUT2D eigenvalue weighted by atomic mass is 35.5. The van der Waals surface area contributed by atoms with E-state index < -0.39 is 34.4 Å². The van der Waals surface area contributed by atoms with Crippen LogP contribution in [0.2, 0.25) is 5.02 Å². The lowest BCUT2D eigenvalue weighted by Gasteiger charge is -2.32. The molecule has 1 atom stereocenters. The smallest absolute Gasteiger partial charge is 0.264 e. The van der Waals surface area contributed by atoms with Crippen LogP contribution in [0.15, 0.2) is 77.7 Å². The SMILES string of the molecule is CCOc1ccccc1N(CC(=O)N(Cc1ccc(OC)cc1)C(C)C(=O)NC)S(=O)(=O)c1ccc(Cl)cc1. The maximum atomic E-state index is 13.9. The number of benzene rings is 3. The number of hydrogen-bond donors (Lipinski definition) is 1. The Bertz CT molecular complexity index is 1380. The fourth-order valence-electron chi connectivity index (χ4n) is 3.91. The van der Waals surface area contributed by atoms with Crippen LogP contribution >= 0.6 is 11.6 Å². The van der Waals surface area contributed by atoms with Crippen molar-refractivity contribution < 1.29 is 27.5 Å². The largest absolute Gasteiger partial charge is 0.497 e. The molecule has 0 aromatic heterocycles. The molecular formula is C28H32ClN3O6S. The zero-order chi connectivity index (χ0) is 28.6. The Balaban J connectivity index is 2.07. The van der Waals surface area contributed by atoms with Crippen LogP contribution < -0.4 is 19.1 Å². The minimum atomic E-state index is -4.24. The molecule has 39 heavy (non-hydrogen) atoms. The molecule has 208 valence electrons. The van der Waals surface area contributed by atoms with Gasteiger partial charge in [0, 0.05) is 18.6 Å². The lowest BCUT2D eigenvalue weighted by molar-refractivity contribution is -0.139. The van der Waals surface area contributed by atoms with Gasteiger partial charge in [0.25, 0.3) is 10.0 Å². The topological polar surface area (TPSA) is 105 Å². The van der Waals surface area contributed by atoms with Crippen LogP contribution in [0, 0.1) is 0 Å². The molecule has 11 heteroatoms. The molecule has 0 saturated heterocycles. The first kappa shape index (κ1) is 29.8. The van der Waals surface area contributed by atoms with Gasteiger partial charge in [0.05, 0.1) is 24.3 Å². The number of anilines is 1. The fraction of sp³-hybridized carbons (Fsp3) is 0.286. The fourth-order valence-corrected chi connectivity index (χ4v) is 5.46. The second kappa shape index (κ2) is 13.3. The lowest BCUT2D eigenvalue weighted by Crippen LogP contribution is -2.50. The molecule has 9 nitrogen and oxygen atoms in total. The summed E-state index contributed by atoms with van der Waals surface area (Å²) in [7, 11) is -1.22. The molecule has 0 fully saturated rings. The third-order valence-electron chi connectivity index (χ3n) is 6.04. The first-order valence-electron chi connectivity index (χ1n) is 12.3. The highest BCUT2D eigenvalue weighted by molar-refractivity contribution is 7.92. The molecule has 0 aliphatic heterocycles. The third-order valence-corrected chi connectivity index (χ3v) is 8.07. The maximum absolute atomic E-state index is 13.9. The number of halogens is 1. The monoisotopic (exact) mass is 573 g/mol. The van der Waals surface area contributed by atoms with Crippen LogP contribution in [0.25, 0.3) is 0 Å². The second-order valence-corrected chi connectivity index (χ2v) is 10.8. The number of likely N-dealkylation sites (N-methyl/N-ethyl adjacent to an activating group) is 1. The summed E-state index contributed by atoms with van der Waals surface area (Å²) in [6.07, 6.45) is 0. The molecule has 0 aliphatic rings. The summed E-state index contributed by atoms with van der Waals surface area (Å²) < 4.78 is 39.7. The number of carbonyl (C=O) groups excluding carboxylic acids is 2. The summed E-state index contributed by atoms with van der Waals surface area (Å²) in [6, 6.07) is 18.4. The number of amides is 2. The van der Waals surface area contributed by atoms with Crippen molar-refractivity contribution in [3.8, 4) is 11.5 Å². The van der Waals surface area contributed by atoms with E-state index in [0.717, 1.165) is 9.87 Å². The summed E-state index contributed by atoms with van der Waals surface area (Å²) in [4.78, 5) is 27.8. The van der Waals surface area contributed by atoms with Gasteiger partial charge in [0.1, 0.15) is 24.1 Å². The van der Waals surface area contributed by atoms with Gasteiger partial charge in [-0.3, -0.25) is 13.9 Å². The number of hydrogen-bond acceptors (Lipinski definition) is 6. The summed E-state index contributed by atoms with van der Waals surface area (Å²) >= 11 is 5.99. The van der Waals surface area contributed by atoms with Crippen LogP contribution in [0.4, 0.5) is 5.69 Å². The van der Waals surface area contributed by atoms with Gasteiger partial charge < -0.3 is 19.7 Å². The Hall–Kier alpha value is -3.76. The van der Waals surface area contributed by atoms with E-state index in [1.54, 1.807) is 69.5 Å². The highest BCUT2D eigenvalue weighted by Gasteiger charge is 2.33. The van der Waals surface area contributed by atoms with Crippen molar-refractivity contribution in [3.63, 3.8) is 0 Å². The molecule has 1 unspecified atom stereocenters. The Kier molecular flexibility index (Phi) is 10.2. The molecule has 0 spiro atoms. The lowest BCUT2D eigenvalue weighted by atomic mass is 10.1. The van der Waals surface area contributed by atoms with Crippen LogP contribution in [0.1, 0.15) is 19.4 Å². The predicted octanol–water partition coefficient (Wildman–Crippen LogP) is 4.11. The van der Waals surface area contributed by atoms with E-state index in [4.69, 9.17) is 21.1 Å². The first-order chi connectivity index (χ1) is 18.6. The van der Waals surface area contributed by atoms with Gasteiger partial charge in [0.15, 0.2) is 0 Å². The molecule has 1 N–H and O–H groups in total. The Morgan fingerprint density at radius 1 is 1.00 bits per heavy atom. The van der Waals surface area contributed by atoms with Gasteiger partial charge in [-0.15, -0.1) is 0 Å². The van der Waals surface area contributed by atoms with E-state index in [1.165, 1.54) is 36.2 Å². The zero-order valence-corrected chi connectivity index (χ0v) is 23.8. The van der Waals surface area contributed by atoms with Gasteiger partial charge in [-0.2, -0.15) is 0 Å². The van der Waals surface area contributed by atoms with E-state index in [2.05, 4.69) is 5.32 Å². The van der Waals surface area contributed by atoms with E-state index in [-0.39, 0.29) is 23.7 Å². The molecule has 2 amide bonds. The van der Waals surface area contributed by atoms with Crippen LogP contribution in [-0.4, -0.2) is 58.5 Å². The Labute approximate surface area is 234 Å². The van der Waals surface area contributed by atoms with Crippen LogP contribution in [0.5, 0.6) is 11.5 Å². The van der Waals surface area contributed by atoms with Gasteiger partial charge in [-0.1, -0.05) is 35.9 Å². The number of nitrogens with one attached hydrogen (secondary N) is 1. The molecular weight excluding hydrogens is 542 g/mol. The molecule has 0 aliphatic carbocycles. The summed E-state index contributed by atoms with van der Waals surface area (Å²) in [6.45, 7) is 3.15. The number of nitrogens with zero attached hydrogens (tertiary/aromatic N) is 2. The number of sulfonamides is 1. The van der Waals surface area contributed by atoms with Gasteiger partial charge >= 0.3 is 0 Å². The predicted molar refractivity (Wildman–Crippen MR) is 151 cm³/mol. The average Bonchev–Trinajstić information content (AvgIpc) is 2.94. The molecule has 0 heterocycles. The van der Waals surface area contributed by atoms with Crippen molar-refractivity contribution in [2.45, 2.75) is 31.3 Å². The highest BCUT2D eigenvalue weighted by Crippen LogP contribution is 2.33. The van der Waals surface area contributed by atoms with Crippen molar-refractivity contribution in [2.24, 2.45) is 0 Å². The van der Waals surface area contributed by atoms with Crippen molar-refractivity contribution in [2.75, 3.05) is 31.6 Å². The number of ether oxygens (including phenoxy) is 2. The molecule has 0 saturated carbocycles. The van der Waals surface area contributed by atoms with Crippen molar-refractivity contribution >= 4 is 39.1 Å². The van der Waals surface area contributed by atoms with E-state index >= 15 is 0 Å². The third kappa shape index (κ3) is 7.21. The zero-order valence-electron chi connectivity index (χ0n) is 22.3. The quantitative estimate of drug-likeness (QED) is 0.350. The average molecular weight is 574 g/mol. The second-order valence-electron chi connectivity index (χ2n) is 8.53. The van der Waals surface area contributed by atoms with Gasteiger partial charge in [0.2, 0.25) is 11.8 Å². The standard InChI is InChI=1S/C28H32ClN3O6S/c1-5-38-26-9-7-6-8-25(26)32(39(35,36)24-16-12-22(29)13-17-24)19-27(33)31(20(2)28(34)30-3)18-21-10-14-23(37-4)15-11-21/h6-17,20H,5,18-19H2,1-4H3,(H,30,34). The van der Waals surface area contributed by atoms with Crippen molar-refractivity contribution in [3.05, 3.63) is 83.4 Å². The van der Waals surface area contributed by atoms with Gasteiger partial charge in [-0.05, 0) is 67.9 Å². The number of rotatable bonds is 12. The summed E-state index contributed by atoms with van der Waals surface area (Å²) in [5.41, 5.74) is 0.932. The first-order valence-corrected chi connectivity index (χ1v) is 14.1. The molecule has 3 aromatic rings. The minimum Gasteiger partial charge on any atom is -0.497 e. The normalized spacial score (nSPS) is 11.8. The number of carbonyl (C=O) groups is 2. The molecule has 0 radical (unpaired) electrons. The van der Waals surface area contributed by atoms with E-state index in [0.29, 0.717) is 16.5 Å².